The van der Waals surface area contributed by atoms with E-state index in [9.17, 15) is 14.3 Å². The predicted molar refractivity (Wildman–Crippen MR) is 81.6 cm³/mol. The van der Waals surface area contributed by atoms with Crippen LogP contribution < -0.4 is 0 Å². The summed E-state index contributed by atoms with van der Waals surface area (Å²) in [5.74, 6) is -0.477. The maximum absolute atomic E-state index is 13.3. The Kier molecular flexibility index (Phi) is 4.81. The van der Waals surface area contributed by atoms with Crippen molar-refractivity contribution < 1.29 is 14.3 Å². The monoisotopic (exact) mass is 290 g/mol. The summed E-state index contributed by atoms with van der Waals surface area (Å²) in [5.41, 5.74) is 0.560. The molecule has 3 heteroatoms. The molecule has 3 atom stereocenters. The molecule has 0 aliphatic heterocycles. The molecule has 0 amide bonds. The van der Waals surface area contributed by atoms with Gasteiger partial charge in [0.15, 0.2) is 0 Å². The van der Waals surface area contributed by atoms with E-state index in [2.05, 4.69) is 13.5 Å². The lowest BCUT2D eigenvalue weighted by Gasteiger charge is -2.40. The largest absolute Gasteiger partial charge is 0.481 e. The van der Waals surface area contributed by atoms with E-state index >= 15 is 0 Å². The van der Waals surface area contributed by atoms with Gasteiger partial charge in [0.25, 0.3) is 0 Å². The van der Waals surface area contributed by atoms with Gasteiger partial charge in [-0.2, -0.15) is 0 Å². The first kappa shape index (κ1) is 15.7. The topological polar surface area (TPSA) is 37.3 Å². The second-order valence-electron chi connectivity index (χ2n) is 6.02. The van der Waals surface area contributed by atoms with Gasteiger partial charge in [-0.3, -0.25) is 4.79 Å². The maximum atomic E-state index is 13.3. The normalized spacial score (nSPS) is 28.5. The highest BCUT2D eigenvalue weighted by Gasteiger charge is 2.50. The molecule has 1 aliphatic carbocycles. The zero-order valence-electron chi connectivity index (χ0n) is 12.5. The molecule has 1 aromatic carbocycles. The van der Waals surface area contributed by atoms with E-state index in [1.165, 1.54) is 12.1 Å². The minimum Gasteiger partial charge on any atom is -0.481 e. The zero-order chi connectivity index (χ0) is 15.5. The third-order valence-corrected chi connectivity index (χ3v) is 5.09. The molecule has 0 aromatic heterocycles. The average molecular weight is 290 g/mol. The highest BCUT2D eigenvalue weighted by Crippen LogP contribution is 2.54. The van der Waals surface area contributed by atoms with E-state index < -0.39 is 11.4 Å². The molecule has 2 unspecified atom stereocenters. The summed E-state index contributed by atoms with van der Waals surface area (Å²) >= 11 is 0. The average Bonchev–Trinajstić information content (AvgIpc) is 2.78. The smallest absolute Gasteiger partial charge is 0.304 e. The van der Waals surface area contributed by atoms with Gasteiger partial charge in [0, 0.05) is 5.41 Å². The number of aliphatic carboxylic acids is 1. The fourth-order valence-electron chi connectivity index (χ4n) is 4.22. The van der Waals surface area contributed by atoms with Crippen LogP contribution in [0.1, 0.15) is 44.6 Å². The maximum Gasteiger partial charge on any atom is 0.304 e. The summed E-state index contributed by atoms with van der Waals surface area (Å²) < 4.78 is 13.3. The van der Waals surface area contributed by atoms with Crippen LogP contribution in [0.15, 0.2) is 36.9 Å². The first-order valence-electron chi connectivity index (χ1n) is 7.63. The van der Waals surface area contributed by atoms with Crippen LogP contribution in [0.4, 0.5) is 4.39 Å². The Balaban J connectivity index is 2.53. The lowest BCUT2D eigenvalue weighted by molar-refractivity contribution is -0.139. The number of benzene rings is 1. The van der Waals surface area contributed by atoms with Crippen molar-refractivity contribution in [3.8, 4) is 0 Å². The van der Waals surface area contributed by atoms with E-state index in [1.807, 2.05) is 6.08 Å². The summed E-state index contributed by atoms with van der Waals surface area (Å²) in [5, 5.41) is 9.45. The molecule has 0 saturated heterocycles. The lowest BCUT2D eigenvalue weighted by atomic mass is 9.63. The number of halogens is 1. The van der Waals surface area contributed by atoms with Gasteiger partial charge in [0.1, 0.15) is 5.82 Å². The molecule has 0 radical (unpaired) electrons. The van der Waals surface area contributed by atoms with Gasteiger partial charge in [-0.05, 0) is 48.8 Å². The van der Waals surface area contributed by atoms with Gasteiger partial charge in [-0.25, -0.2) is 4.39 Å². The summed E-state index contributed by atoms with van der Waals surface area (Å²) in [6.07, 6.45) is 5.77. The Hall–Kier alpha value is -1.64. The predicted octanol–water partition coefficient (Wildman–Crippen LogP) is 4.55. The van der Waals surface area contributed by atoms with Gasteiger partial charge in [0.2, 0.25) is 0 Å². The van der Waals surface area contributed by atoms with Crippen molar-refractivity contribution in [3.63, 3.8) is 0 Å². The van der Waals surface area contributed by atoms with Crippen molar-refractivity contribution >= 4 is 5.97 Å². The summed E-state index contributed by atoms with van der Waals surface area (Å²) in [6.45, 7) is 5.93. The van der Waals surface area contributed by atoms with Crippen molar-refractivity contribution in [2.75, 3.05) is 0 Å². The van der Waals surface area contributed by atoms with Crippen LogP contribution in [0.3, 0.4) is 0 Å². The van der Waals surface area contributed by atoms with Gasteiger partial charge in [0.05, 0.1) is 6.42 Å². The van der Waals surface area contributed by atoms with Crippen LogP contribution in [0.2, 0.25) is 0 Å². The minimum atomic E-state index is -0.784. The van der Waals surface area contributed by atoms with E-state index in [1.54, 1.807) is 12.1 Å². The highest BCUT2D eigenvalue weighted by molar-refractivity contribution is 5.69. The molecule has 0 bridgehead atoms. The van der Waals surface area contributed by atoms with Crippen molar-refractivity contribution in [2.24, 2.45) is 11.8 Å². The van der Waals surface area contributed by atoms with Crippen LogP contribution >= 0.6 is 0 Å². The summed E-state index contributed by atoms with van der Waals surface area (Å²) in [4.78, 5) is 11.5. The summed E-state index contributed by atoms with van der Waals surface area (Å²) in [6, 6.07) is 6.41. The fourth-order valence-corrected chi connectivity index (χ4v) is 4.22. The molecule has 1 fully saturated rings. The standard InChI is InChI=1S/C18H23FO2/c1-3-5-14-7-6-13(4-2)18(14,12-17(20)21)15-8-10-16(19)11-9-15/h3,8-11,13-14H,1,4-7,12H2,2H3,(H,20,21)/t13?,14?,18-/m0/s1. The van der Waals surface area contributed by atoms with Crippen molar-refractivity contribution in [2.45, 2.75) is 44.4 Å². The molecule has 2 rings (SSSR count). The summed E-state index contributed by atoms with van der Waals surface area (Å²) in [7, 11) is 0. The zero-order valence-corrected chi connectivity index (χ0v) is 12.5. The number of rotatable bonds is 6. The first-order valence-corrected chi connectivity index (χ1v) is 7.63. The molecular formula is C18H23FO2. The van der Waals surface area contributed by atoms with Crippen LogP contribution in [-0.2, 0) is 10.2 Å². The van der Waals surface area contributed by atoms with Crippen molar-refractivity contribution in [3.05, 3.63) is 48.3 Å². The van der Waals surface area contributed by atoms with Crippen molar-refractivity contribution in [1.29, 1.82) is 0 Å². The Morgan fingerprint density at radius 3 is 2.52 bits per heavy atom. The number of carboxylic acid groups (broad SMARTS) is 1. The molecule has 1 aromatic rings. The SMILES string of the molecule is C=CCC1CCC(CC)[C@]1(CC(=O)O)c1ccc(F)cc1. The van der Waals surface area contributed by atoms with E-state index in [0.29, 0.717) is 5.92 Å². The van der Waals surface area contributed by atoms with E-state index in [-0.39, 0.29) is 18.2 Å². The second kappa shape index (κ2) is 6.42. The number of allylic oxidation sites excluding steroid dienone is 1. The van der Waals surface area contributed by atoms with E-state index in [0.717, 1.165) is 31.2 Å². The molecule has 0 spiro atoms. The van der Waals surface area contributed by atoms with Crippen LogP contribution in [0, 0.1) is 17.7 Å². The van der Waals surface area contributed by atoms with Gasteiger partial charge in [-0.15, -0.1) is 6.58 Å². The first-order chi connectivity index (χ1) is 10.0. The fraction of sp³-hybridized carbons (Fsp3) is 0.500. The van der Waals surface area contributed by atoms with E-state index in [4.69, 9.17) is 0 Å². The van der Waals surface area contributed by atoms with Crippen LogP contribution in [-0.4, -0.2) is 11.1 Å². The van der Waals surface area contributed by atoms with Gasteiger partial charge < -0.3 is 5.11 Å². The third-order valence-electron chi connectivity index (χ3n) is 5.09. The second-order valence-corrected chi connectivity index (χ2v) is 6.02. The molecule has 114 valence electrons. The Bertz CT molecular complexity index is 508. The Morgan fingerprint density at radius 2 is 2.00 bits per heavy atom. The van der Waals surface area contributed by atoms with Gasteiger partial charge in [-0.1, -0.05) is 31.6 Å². The molecule has 0 heterocycles. The molecule has 1 saturated carbocycles. The highest BCUT2D eigenvalue weighted by atomic mass is 19.1. The molecular weight excluding hydrogens is 267 g/mol. The Labute approximate surface area is 125 Å². The van der Waals surface area contributed by atoms with Crippen molar-refractivity contribution in [1.82, 2.24) is 0 Å². The molecule has 21 heavy (non-hydrogen) atoms. The number of hydrogen-bond donors (Lipinski definition) is 1. The van der Waals surface area contributed by atoms with Crippen LogP contribution in [0.25, 0.3) is 0 Å². The number of carboxylic acids is 1. The molecule has 2 nitrogen and oxygen atoms in total. The Morgan fingerprint density at radius 1 is 1.38 bits per heavy atom. The van der Waals surface area contributed by atoms with Crippen LogP contribution in [0.5, 0.6) is 0 Å². The quantitative estimate of drug-likeness (QED) is 0.780. The van der Waals surface area contributed by atoms with Gasteiger partial charge >= 0.3 is 5.97 Å². The number of hydrogen-bond acceptors (Lipinski definition) is 1. The molecule has 1 N–H and O–H groups in total. The lowest BCUT2D eigenvalue weighted by Crippen LogP contribution is -2.39. The number of carbonyl (C=O) groups is 1. The minimum absolute atomic E-state index is 0.107. The molecule has 1 aliphatic rings. The third kappa shape index (κ3) is 2.87.